The Morgan fingerprint density at radius 2 is 2.00 bits per heavy atom. The van der Waals surface area contributed by atoms with Gasteiger partial charge in [-0.25, -0.2) is 4.99 Å². The number of guanidine groups is 1. The first-order chi connectivity index (χ1) is 13.7. The van der Waals surface area contributed by atoms with E-state index in [0.29, 0.717) is 30.5 Å². The van der Waals surface area contributed by atoms with Gasteiger partial charge in [-0.15, -0.1) is 0 Å². The van der Waals surface area contributed by atoms with Gasteiger partial charge in [0.05, 0.1) is 20.2 Å². The highest BCUT2D eigenvalue weighted by atomic mass is 19.4. The Morgan fingerprint density at radius 3 is 2.66 bits per heavy atom. The van der Waals surface area contributed by atoms with Gasteiger partial charge in [0, 0.05) is 31.4 Å². The van der Waals surface area contributed by atoms with Gasteiger partial charge in [0.1, 0.15) is 17.6 Å². The molecule has 0 aliphatic carbocycles. The van der Waals surface area contributed by atoms with E-state index in [1.54, 1.807) is 13.2 Å². The van der Waals surface area contributed by atoms with E-state index in [9.17, 15) is 13.2 Å². The van der Waals surface area contributed by atoms with Crippen LogP contribution in [0.2, 0.25) is 0 Å². The Labute approximate surface area is 167 Å². The van der Waals surface area contributed by atoms with Crippen LogP contribution in [0.1, 0.15) is 25.1 Å². The van der Waals surface area contributed by atoms with Crippen molar-refractivity contribution in [3.63, 3.8) is 0 Å². The van der Waals surface area contributed by atoms with E-state index >= 15 is 0 Å². The molecule has 1 heterocycles. The van der Waals surface area contributed by atoms with Crippen LogP contribution in [-0.2, 0) is 19.8 Å². The molecular weight excluding hydrogens is 387 g/mol. The Morgan fingerprint density at radius 1 is 1.28 bits per heavy atom. The molecule has 1 aromatic heterocycles. The molecule has 2 rings (SSSR count). The number of ether oxygens (including phenoxy) is 2. The topological polar surface area (TPSA) is 72.7 Å². The molecule has 0 aliphatic rings. The Bertz CT molecular complexity index is 820. The molecule has 0 bridgehead atoms. The summed E-state index contributed by atoms with van der Waals surface area (Å²) >= 11 is 0. The van der Waals surface area contributed by atoms with Crippen molar-refractivity contribution in [3.8, 4) is 11.5 Å². The maximum Gasteiger partial charge on any atom is 0.435 e. The van der Waals surface area contributed by atoms with Crippen molar-refractivity contribution in [2.45, 2.75) is 32.7 Å². The number of nitrogens with one attached hydrogen (secondary N) is 2. The first-order valence-corrected chi connectivity index (χ1v) is 9.15. The highest BCUT2D eigenvalue weighted by Gasteiger charge is 2.36. The first kappa shape index (κ1) is 22.4. The number of aryl methyl sites for hydroxylation is 1. The molecule has 2 N–H and O–H groups in total. The van der Waals surface area contributed by atoms with Crippen LogP contribution in [0.5, 0.6) is 11.5 Å². The summed E-state index contributed by atoms with van der Waals surface area (Å²) in [6.45, 7) is 4.57. The maximum absolute atomic E-state index is 13.1. The number of rotatable bonds is 8. The van der Waals surface area contributed by atoms with Crippen LogP contribution in [-0.4, -0.2) is 42.0 Å². The van der Waals surface area contributed by atoms with Gasteiger partial charge in [0.15, 0.2) is 11.7 Å². The summed E-state index contributed by atoms with van der Waals surface area (Å²) in [7, 11) is 3.03. The fourth-order valence-electron chi connectivity index (χ4n) is 2.59. The van der Waals surface area contributed by atoms with E-state index in [2.05, 4.69) is 20.7 Å². The molecular formula is C19H26F3N5O2. The first-order valence-electron chi connectivity index (χ1n) is 9.15. The Kier molecular flexibility index (Phi) is 7.74. The third-order valence-electron chi connectivity index (χ3n) is 3.86. The molecule has 1 atom stereocenters. The molecule has 1 unspecified atom stereocenters. The zero-order valence-electron chi connectivity index (χ0n) is 16.9. The number of benzene rings is 1. The van der Waals surface area contributed by atoms with E-state index in [4.69, 9.17) is 9.47 Å². The SMILES string of the molecule is CCNC(=NCc1cn(C)nc1C(F)(F)F)NCC(C)Oc1cccc(OC)c1. The maximum atomic E-state index is 13.1. The average molecular weight is 413 g/mol. The molecule has 0 fully saturated rings. The quantitative estimate of drug-likeness (QED) is 0.514. The third-order valence-corrected chi connectivity index (χ3v) is 3.86. The molecule has 0 saturated carbocycles. The number of nitrogens with zero attached hydrogens (tertiary/aromatic N) is 3. The largest absolute Gasteiger partial charge is 0.497 e. The van der Waals surface area contributed by atoms with Crippen molar-refractivity contribution in [1.29, 1.82) is 0 Å². The van der Waals surface area contributed by atoms with Gasteiger partial charge in [-0.2, -0.15) is 18.3 Å². The van der Waals surface area contributed by atoms with Crippen LogP contribution in [0.3, 0.4) is 0 Å². The molecule has 0 spiro atoms. The van der Waals surface area contributed by atoms with Crippen molar-refractivity contribution in [2.75, 3.05) is 20.2 Å². The lowest BCUT2D eigenvalue weighted by Gasteiger charge is -2.18. The highest BCUT2D eigenvalue weighted by Crippen LogP contribution is 2.30. The van der Waals surface area contributed by atoms with E-state index in [1.807, 2.05) is 32.0 Å². The molecule has 0 saturated heterocycles. The fraction of sp³-hybridized carbons (Fsp3) is 0.474. The zero-order valence-corrected chi connectivity index (χ0v) is 16.9. The van der Waals surface area contributed by atoms with E-state index < -0.39 is 11.9 Å². The highest BCUT2D eigenvalue weighted by molar-refractivity contribution is 5.79. The lowest BCUT2D eigenvalue weighted by molar-refractivity contribution is -0.142. The molecule has 0 aliphatic heterocycles. The summed E-state index contributed by atoms with van der Waals surface area (Å²) in [6, 6.07) is 7.24. The van der Waals surface area contributed by atoms with E-state index in [-0.39, 0.29) is 18.2 Å². The van der Waals surface area contributed by atoms with Crippen molar-refractivity contribution >= 4 is 5.96 Å². The van der Waals surface area contributed by atoms with Gasteiger partial charge in [-0.1, -0.05) is 6.07 Å². The predicted octanol–water partition coefficient (Wildman–Crippen LogP) is 2.97. The molecule has 2 aromatic rings. The molecule has 0 amide bonds. The van der Waals surface area contributed by atoms with E-state index in [1.165, 1.54) is 13.2 Å². The lowest BCUT2D eigenvalue weighted by Crippen LogP contribution is -2.41. The second kappa shape index (κ2) is 10.0. The van der Waals surface area contributed by atoms with Gasteiger partial charge < -0.3 is 20.1 Å². The van der Waals surface area contributed by atoms with Gasteiger partial charge in [0.25, 0.3) is 0 Å². The van der Waals surface area contributed by atoms with Gasteiger partial charge in [-0.05, 0) is 26.0 Å². The smallest absolute Gasteiger partial charge is 0.435 e. The minimum atomic E-state index is -4.52. The van der Waals surface area contributed by atoms with Crippen LogP contribution >= 0.6 is 0 Å². The van der Waals surface area contributed by atoms with Gasteiger partial charge >= 0.3 is 6.18 Å². The summed E-state index contributed by atoms with van der Waals surface area (Å²) in [5.41, 5.74) is -0.910. The summed E-state index contributed by atoms with van der Waals surface area (Å²) in [6.07, 6.45) is -3.41. The fourth-order valence-corrected chi connectivity index (χ4v) is 2.59. The summed E-state index contributed by atoms with van der Waals surface area (Å²) in [5, 5.41) is 9.58. The summed E-state index contributed by atoms with van der Waals surface area (Å²) in [4.78, 5) is 4.24. The standard InChI is InChI=1S/C19H26F3N5O2/c1-5-23-18(25-11-14-12-27(3)26-17(14)19(20,21)22)24-10-13(2)29-16-8-6-7-15(9-16)28-4/h6-9,12-13H,5,10-11H2,1-4H3,(H2,23,24,25). The average Bonchev–Trinajstić information content (AvgIpc) is 3.05. The van der Waals surface area contributed by atoms with Crippen LogP contribution in [0.15, 0.2) is 35.5 Å². The zero-order chi connectivity index (χ0) is 21.4. The Balaban J connectivity index is 1.99. The van der Waals surface area contributed by atoms with Crippen molar-refractivity contribution < 1.29 is 22.6 Å². The van der Waals surface area contributed by atoms with Crippen LogP contribution in [0.25, 0.3) is 0 Å². The number of aliphatic imine (C=N–C) groups is 1. The minimum Gasteiger partial charge on any atom is -0.497 e. The number of methoxy groups -OCH3 is 1. The summed E-state index contributed by atoms with van der Waals surface area (Å²) in [5.74, 6) is 1.74. The number of hydrogen-bond donors (Lipinski definition) is 2. The minimum absolute atomic E-state index is 0.0119. The number of aromatic nitrogens is 2. The molecule has 7 nitrogen and oxygen atoms in total. The van der Waals surface area contributed by atoms with Crippen LogP contribution in [0.4, 0.5) is 13.2 Å². The van der Waals surface area contributed by atoms with Crippen LogP contribution in [0, 0.1) is 0 Å². The predicted molar refractivity (Wildman–Crippen MR) is 104 cm³/mol. The third kappa shape index (κ3) is 6.88. The van der Waals surface area contributed by atoms with Crippen molar-refractivity contribution in [3.05, 3.63) is 41.7 Å². The molecule has 29 heavy (non-hydrogen) atoms. The number of halogens is 3. The van der Waals surface area contributed by atoms with E-state index in [0.717, 1.165) is 4.68 Å². The van der Waals surface area contributed by atoms with Crippen molar-refractivity contribution in [2.24, 2.45) is 12.0 Å². The number of hydrogen-bond acceptors (Lipinski definition) is 4. The monoisotopic (exact) mass is 413 g/mol. The molecule has 0 radical (unpaired) electrons. The normalized spacial score (nSPS) is 13.1. The molecule has 10 heteroatoms. The Hall–Kier alpha value is -2.91. The number of alkyl halides is 3. The van der Waals surface area contributed by atoms with Crippen molar-refractivity contribution in [1.82, 2.24) is 20.4 Å². The summed E-state index contributed by atoms with van der Waals surface area (Å²) < 4.78 is 51.3. The van der Waals surface area contributed by atoms with Crippen LogP contribution < -0.4 is 20.1 Å². The second-order valence-electron chi connectivity index (χ2n) is 6.36. The van der Waals surface area contributed by atoms with Gasteiger partial charge in [-0.3, -0.25) is 4.68 Å². The molecule has 1 aromatic carbocycles. The van der Waals surface area contributed by atoms with Gasteiger partial charge in [0.2, 0.25) is 0 Å². The lowest BCUT2D eigenvalue weighted by atomic mass is 10.2. The molecule has 160 valence electrons. The second-order valence-corrected chi connectivity index (χ2v) is 6.36.